The maximum atomic E-state index is 12.3. The summed E-state index contributed by atoms with van der Waals surface area (Å²) in [6.07, 6.45) is -0.152. The van der Waals surface area contributed by atoms with Gasteiger partial charge in [-0.1, -0.05) is 0 Å². The molecule has 0 aromatic carbocycles. The molecule has 1 saturated carbocycles. The maximum Gasteiger partial charge on any atom is 0.268 e. The van der Waals surface area contributed by atoms with Crippen LogP contribution in [0.25, 0.3) is 0 Å². The van der Waals surface area contributed by atoms with Crippen LogP contribution in [0.2, 0.25) is 0 Å². The zero-order chi connectivity index (χ0) is 8.77. The Morgan fingerprint density at radius 1 is 1.42 bits per heavy atom. The largest absolute Gasteiger partial charge is 0.383 e. The predicted octanol–water partition coefficient (Wildman–Crippen LogP) is 0.851. The monoisotopic (exact) mass is 177 g/mol. The van der Waals surface area contributed by atoms with E-state index >= 15 is 0 Å². The summed E-state index contributed by atoms with van der Waals surface area (Å²) >= 11 is 0. The fourth-order valence-electron chi connectivity index (χ4n) is 1.78. The maximum absolute atomic E-state index is 12.3. The number of β-amino-alcohol motifs (C(OH)–C–C–N with tert-alkyl or cyclic N) is 1. The zero-order valence-electron chi connectivity index (χ0n) is 6.84. The van der Waals surface area contributed by atoms with Crippen LogP contribution in [0, 0.1) is 0 Å². The molecule has 2 rings (SSSR count). The number of hydrogen-bond acceptors (Lipinski definition) is 2. The van der Waals surface area contributed by atoms with E-state index in [0.29, 0.717) is 12.6 Å². The molecule has 1 aliphatic heterocycles. The summed E-state index contributed by atoms with van der Waals surface area (Å²) in [6, 6.07) is 0.484. The van der Waals surface area contributed by atoms with Crippen LogP contribution in [0.5, 0.6) is 0 Å². The van der Waals surface area contributed by atoms with Crippen molar-refractivity contribution >= 4 is 0 Å². The second kappa shape index (κ2) is 2.64. The molecule has 1 saturated heterocycles. The van der Waals surface area contributed by atoms with Gasteiger partial charge in [0.1, 0.15) is 5.60 Å². The van der Waals surface area contributed by atoms with Crippen molar-refractivity contribution in [2.75, 3.05) is 13.1 Å². The Morgan fingerprint density at radius 3 is 2.50 bits per heavy atom. The molecular formula is C8H13F2NO. The van der Waals surface area contributed by atoms with Gasteiger partial charge in [0.15, 0.2) is 0 Å². The van der Waals surface area contributed by atoms with Crippen LogP contribution in [0.3, 0.4) is 0 Å². The molecule has 0 amide bonds. The highest BCUT2D eigenvalue weighted by atomic mass is 19.3. The summed E-state index contributed by atoms with van der Waals surface area (Å²) in [5.74, 6) is 0. The van der Waals surface area contributed by atoms with E-state index in [1.165, 1.54) is 0 Å². The molecule has 4 heteroatoms. The fourth-order valence-corrected chi connectivity index (χ4v) is 1.78. The van der Waals surface area contributed by atoms with Crippen molar-refractivity contribution in [3.63, 3.8) is 0 Å². The number of hydrogen-bond donors (Lipinski definition) is 1. The van der Waals surface area contributed by atoms with Gasteiger partial charge < -0.3 is 5.11 Å². The van der Waals surface area contributed by atoms with Gasteiger partial charge in [0.05, 0.1) is 0 Å². The van der Waals surface area contributed by atoms with Crippen LogP contribution in [-0.2, 0) is 0 Å². The molecular weight excluding hydrogens is 164 g/mol. The average Bonchev–Trinajstić information content (AvgIpc) is 2.76. The van der Waals surface area contributed by atoms with Gasteiger partial charge in [-0.25, -0.2) is 8.78 Å². The van der Waals surface area contributed by atoms with E-state index in [9.17, 15) is 13.9 Å². The molecule has 0 aromatic heterocycles. The highest BCUT2D eigenvalue weighted by molar-refractivity contribution is 4.97. The first kappa shape index (κ1) is 8.38. The first-order valence-corrected chi connectivity index (χ1v) is 4.36. The second-order valence-corrected chi connectivity index (χ2v) is 3.86. The fraction of sp³-hybridized carbons (Fsp3) is 1.00. The third-order valence-electron chi connectivity index (χ3n) is 2.78. The Kier molecular flexibility index (Phi) is 1.84. The van der Waals surface area contributed by atoms with Gasteiger partial charge in [0, 0.05) is 19.1 Å². The lowest BCUT2D eigenvalue weighted by atomic mass is 10.1. The molecule has 70 valence electrons. The lowest BCUT2D eigenvalue weighted by molar-refractivity contribution is -0.0872. The van der Waals surface area contributed by atoms with Crippen LogP contribution < -0.4 is 0 Å². The first-order valence-electron chi connectivity index (χ1n) is 4.36. The van der Waals surface area contributed by atoms with Crippen LogP contribution in [-0.4, -0.2) is 41.2 Å². The molecule has 0 aromatic rings. The molecule has 1 atom stereocenters. The topological polar surface area (TPSA) is 23.5 Å². The lowest BCUT2D eigenvalue weighted by Crippen LogP contribution is -2.40. The molecule has 2 aliphatic rings. The average molecular weight is 177 g/mol. The molecule has 1 heterocycles. The van der Waals surface area contributed by atoms with E-state index in [-0.39, 0.29) is 13.0 Å². The summed E-state index contributed by atoms with van der Waals surface area (Å²) in [4.78, 5) is 1.98. The third kappa shape index (κ3) is 1.33. The Hall–Kier alpha value is -0.220. The molecule has 0 radical (unpaired) electrons. The Morgan fingerprint density at radius 2 is 2.08 bits per heavy atom. The SMILES string of the molecule is OC1(C(F)F)CCN(C2CC2)C1. The molecule has 12 heavy (non-hydrogen) atoms. The lowest BCUT2D eigenvalue weighted by Gasteiger charge is -2.22. The molecule has 0 bridgehead atoms. The van der Waals surface area contributed by atoms with Crippen molar-refractivity contribution in [2.24, 2.45) is 0 Å². The summed E-state index contributed by atoms with van der Waals surface area (Å²) in [7, 11) is 0. The van der Waals surface area contributed by atoms with Crippen LogP contribution >= 0.6 is 0 Å². The van der Waals surface area contributed by atoms with Crippen molar-refractivity contribution in [3.05, 3.63) is 0 Å². The van der Waals surface area contributed by atoms with Crippen molar-refractivity contribution < 1.29 is 13.9 Å². The first-order chi connectivity index (χ1) is 5.62. The zero-order valence-corrected chi connectivity index (χ0v) is 6.84. The van der Waals surface area contributed by atoms with Gasteiger partial charge in [0.25, 0.3) is 6.43 Å². The Labute approximate surface area is 70.2 Å². The number of halogens is 2. The summed E-state index contributed by atoms with van der Waals surface area (Å²) in [5.41, 5.74) is -1.72. The smallest absolute Gasteiger partial charge is 0.268 e. The van der Waals surface area contributed by atoms with Crippen LogP contribution in [0.1, 0.15) is 19.3 Å². The van der Waals surface area contributed by atoms with Crippen LogP contribution in [0.15, 0.2) is 0 Å². The summed E-state index contributed by atoms with van der Waals surface area (Å²) in [6.45, 7) is 0.793. The molecule has 1 aliphatic carbocycles. The number of alkyl halides is 2. The minimum atomic E-state index is -2.60. The van der Waals surface area contributed by atoms with E-state index in [1.807, 2.05) is 4.90 Å². The van der Waals surface area contributed by atoms with E-state index in [0.717, 1.165) is 12.8 Å². The highest BCUT2D eigenvalue weighted by Crippen LogP contribution is 2.35. The second-order valence-electron chi connectivity index (χ2n) is 3.86. The van der Waals surface area contributed by atoms with E-state index in [2.05, 4.69) is 0 Å². The van der Waals surface area contributed by atoms with E-state index in [4.69, 9.17) is 0 Å². The highest BCUT2D eigenvalue weighted by Gasteiger charge is 2.47. The van der Waals surface area contributed by atoms with Gasteiger partial charge in [0.2, 0.25) is 0 Å². The summed E-state index contributed by atoms with van der Waals surface area (Å²) < 4.78 is 24.6. The Bertz CT molecular complexity index is 184. The molecule has 0 spiro atoms. The van der Waals surface area contributed by atoms with Gasteiger partial charge in [-0.3, -0.25) is 4.90 Å². The van der Waals surface area contributed by atoms with Crippen molar-refractivity contribution in [1.29, 1.82) is 0 Å². The van der Waals surface area contributed by atoms with Gasteiger partial charge in [-0.2, -0.15) is 0 Å². The van der Waals surface area contributed by atoms with Crippen molar-refractivity contribution in [1.82, 2.24) is 4.90 Å². The Balaban J connectivity index is 1.95. The van der Waals surface area contributed by atoms with Crippen molar-refractivity contribution in [3.8, 4) is 0 Å². The van der Waals surface area contributed by atoms with Crippen molar-refractivity contribution in [2.45, 2.75) is 37.3 Å². The van der Waals surface area contributed by atoms with Gasteiger partial charge in [-0.15, -0.1) is 0 Å². The van der Waals surface area contributed by atoms with Crippen LogP contribution in [0.4, 0.5) is 8.78 Å². The number of likely N-dealkylation sites (tertiary alicyclic amines) is 1. The van der Waals surface area contributed by atoms with Gasteiger partial charge >= 0.3 is 0 Å². The predicted molar refractivity (Wildman–Crippen MR) is 40.2 cm³/mol. The third-order valence-corrected chi connectivity index (χ3v) is 2.78. The molecule has 2 fully saturated rings. The summed E-state index contributed by atoms with van der Waals surface area (Å²) in [5, 5.41) is 9.42. The number of nitrogens with zero attached hydrogens (tertiary/aromatic N) is 1. The van der Waals surface area contributed by atoms with E-state index < -0.39 is 12.0 Å². The normalized spacial score (nSPS) is 38.0. The number of aliphatic hydroxyl groups is 1. The molecule has 2 nitrogen and oxygen atoms in total. The number of rotatable bonds is 2. The standard InChI is InChI=1S/C8H13F2NO/c9-7(10)8(12)3-4-11(5-8)6-1-2-6/h6-7,12H,1-5H2. The van der Waals surface area contributed by atoms with E-state index in [1.54, 1.807) is 0 Å². The quantitative estimate of drug-likeness (QED) is 0.676. The molecule has 1 N–H and O–H groups in total. The van der Waals surface area contributed by atoms with Gasteiger partial charge in [-0.05, 0) is 19.3 Å². The molecule has 1 unspecified atom stereocenters. The minimum Gasteiger partial charge on any atom is -0.383 e. The minimum absolute atomic E-state index is 0.162.